The van der Waals surface area contributed by atoms with E-state index >= 15 is 0 Å². The zero-order chi connectivity index (χ0) is 14.6. The Hall–Kier alpha value is -1.26. The molecule has 0 saturated heterocycles. The molecule has 0 heterocycles. The largest absolute Gasteiger partial charge is 0.304 e. The van der Waals surface area contributed by atoms with Crippen LogP contribution in [0.4, 0.5) is 8.78 Å². The quantitative estimate of drug-likeness (QED) is 0.817. The Balaban J connectivity index is 1.99. The molecule has 0 amide bonds. The molecule has 0 fully saturated rings. The Morgan fingerprint density at radius 1 is 1.05 bits per heavy atom. The van der Waals surface area contributed by atoms with Gasteiger partial charge in [-0.1, -0.05) is 58.4 Å². The average molecular weight is 340 g/mol. The van der Waals surface area contributed by atoms with Crippen LogP contribution in [0.5, 0.6) is 0 Å². The number of rotatable bonds is 5. The summed E-state index contributed by atoms with van der Waals surface area (Å²) in [6.07, 6.45) is 0. The minimum atomic E-state index is -2.87. The maximum atomic E-state index is 14.0. The summed E-state index contributed by atoms with van der Waals surface area (Å²) in [5.41, 5.74) is 1.02. The lowest BCUT2D eigenvalue weighted by molar-refractivity contribution is -0.00534. The van der Waals surface area contributed by atoms with E-state index in [2.05, 4.69) is 21.2 Å². The first-order valence-electron chi connectivity index (χ1n) is 6.41. The lowest BCUT2D eigenvalue weighted by atomic mass is 10.1. The molecule has 0 aliphatic rings. The smallest absolute Gasteiger partial charge is 0.285 e. The van der Waals surface area contributed by atoms with E-state index in [4.69, 9.17) is 0 Å². The third-order valence-electron chi connectivity index (χ3n) is 3.20. The normalized spacial score (nSPS) is 13.2. The molecule has 2 aromatic carbocycles. The summed E-state index contributed by atoms with van der Waals surface area (Å²) in [6, 6.07) is 15.4. The Bertz CT molecular complexity index is 540. The SMILES string of the molecule is CC(NCC(F)(F)c1ccccc1)c1ccc(Br)cc1. The molecule has 4 heteroatoms. The van der Waals surface area contributed by atoms with Gasteiger partial charge in [0.2, 0.25) is 0 Å². The first-order chi connectivity index (χ1) is 9.49. The second kappa shape index (κ2) is 6.46. The molecular weight excluding hydrogens is 324 g/mol. The van der Waals surface area contributed by atoms with Gasteiger partial charge in [-0.2, -0.15) is 8.78 Å². The van der Waals surface area contributed by atoms with Crippen molar-refractivity contribution in [2.24, 2.45) is 0 Å². The zero-order valence-electron chi connectivity index (χ0n) is 11.1. The molecule has 0 radical (unpaired) electrons. The van der Waals surface area contributed by atoms with Gasteiger partial charge in [-0.25, -0.2) is 0 Å². The van der Waals surface area contributed by atoms with Gasteiger partial charge in [-0.15, -0.1) is 0 Å². The lowest BCUT2D eigenvalue weighted by Gasteiger charge is -2.21. The van der Waals surface area contributed by atoms with Gasteiger partial charge in [-0.3, -0.25) is 0 Å². The van der Waals surface area contributed by atoms with E-state index in [1.807, 2.05) is 31.2 Å². The van der Waals surface area contributed by atoms with E-state index in [0.29, 0.717) is 0 Å². The predicted molar refractivity (Wildman–Crippen MR) is 80.9 cm³/mol. The van der Waals surface area contributed by atoms with Crippen molar-refractivity contribution in [1.82, 2.24) is 5.32 Å². The van der Waals surface area contributed by atoms with Crippen LogP contribution < -0.4 is 5.32 Å². The van der Waals surface area contributed by atoms with Crippen LogP contribution in [0.15, 0.2) is 59.1 Å². The molecule has 1 atom stereocenters. The van der Waals surface area contributed by atoms with Crippen LogP contribution >= 0.6 is 15.9 Å². The van der Waals surface area contributed by atoms with Crippen LogP contribution in [0.2, 0.25) is 0 Å². The highest BCUT2D eigenvalue weighted by atomic mass is 79.9. The molecule has 1 N–H and O–H groups in total. The van der Waals surface area contributed by atoms with Crippen LogP contribution in [0.1, 0.15) is 24.1 Å². The first-order valence-corrected chi connectivity index (χ1v) is 7.20. The van der Waals surface area contributed by atoms with Gasteiger partial charge < -0.3 is 5.32 Å². The Labute approximate surface area is 126 Å². The van der Waals surface area contributed by atoms with Crippen LogP contribution in [0, 0.1) is 0 Å². The van der Waals surface area contributed by atoms with Gasteiger partial charge >= 0.3 is 0 Å². The minimum absolute atomic E-state index is 0.0375. The maximum absolute atomic E-state index is 14.0. The zero-order valence-corrected chi connectivity index (χ0v) is 12.7. The van der Waals surface area contributed by atoms with E-state index in [0.717, 1.165) is 10.0 Å². The van der Waals surface area contributed by atoms with E-state index in [-0.39, 0.29) is 18.2 Å². The van der Waals surface area contributed by atoms with Gasteiger partial charge in [-0.05, 0) is 24.6 Å². The highest BCUT2D eigenvalue weighted by Crippen LogP contribution is 2.27. The number of hydrogen-bond acceptors (Lipinski definition) is 1. The summed E-state index contributed by atoms with van der Waals surface area (Å²) in [7, 11) is 0. The average Bonchev–Trinajstić information content (AvgIpc) is 2.46. The number of nitrogens with one attached hydrogen (secondary N) is 1. The molecule has 1 nitrogen and oxygen atoms in total. The minimum Gasteiger partial charge on any atom is -0.304 e. The van der Waals surface area contributed by atoms with Crippen molar-refractivity contribution in [3.05, 3.63) is 70.2 Å². The fourth-order valence-electron chi connectivity index (χ4n) is 1.93. The van der Waals surface area contributed by atoms with E-state index < -0.39 is 5.92 Å². The van der Waals surface area contributed by atoms with Crippen molar-refractivity contribution in [1.29, 1.82) is 0 Å². The molecule has 106 valence electrons. The summed E-state index contributed by atoms with van der Waals surface area (Å²) in [6.45, 7) is 1.50. The molecule has 0 saturated carbocycles. The fraction of sp³-hybridized carbons (Fsp3) is 0.250. The van der Waals surface area contributed by atoms with Crippen molar-refractivity contribution < 1.29 is 8.78 Å². The first kappa shape index (κ1) is 15.1. The molecule has 0 bridgehead atoms. The summed E-state index contributed by atoms with van der Waals surface area (Å²) in [5.74, 6) is -2.87. The van der Waals surface area contributed by atoms with Gasteiger partial charge in [0.1, 0.15) is 0 Å². The van der Waals surface area contributed by atoms with Crippen molar-refractivity contribution in [3.63, 3.8) is 0 Å². The predicted octanol–water partition coefficient (Wildman–Crippen LogP) is 4.89. The Kier molecular flexibility index (Phi) is 4.89. The molecule has 20 heavy (non-hydrogen) atoms. The molecule has 1 unspecified atom stereocenters. The summed E-state index contributed by atoms with van der Waals surface area (Å²) < 4.78 is 29.0. The second-order valence-corrected chi connectivity index (χ2v) is 5.64. The van der Waals surface area contributed by atoms with Crippen LogP contribution in [-0.2, 0) is 5.92 Å². The fourth-order valence-corrected chi connectivity index (χ4v) is 2.20. The van der Waals surface area contributed by atoms with Gasteiger partial charge in [0.15, 0.2) is 0 Å². The summed E-state index contributed by atoms with van der Waals surface area (Å²) >= 11 is 3.36. The molecule has 0 spiro atoms. The van der Waals surface area contributed by atoms with Gasteiger partial charge in [0, 0.05) is 16.1 Å². The number of benzene rings is 2. The molecule has 2 rings (SSSR count). The lowest BCUT2D eigenvalue weighted by Crippen LogP contribution is -2.32. The summed E-state index contributed by atoms with van der Waals surface area (Å²) in [5, 5.41) is 2.89. The summed E-state index contributed by atoms with van der Waals surface area (Å²) in [4.78, 5) is 0. The highest BCUT2D eigenvalue weighted by Gasteiger charge is 2.31. The van der Waals surface area contributed by atoms with E-state index in [1.54, 1.807) is 18.2 Å². The van der Waals surface area contributed by atoms with E-state index in [1.165, 1.54) is 12.1 Å². The standard InChI is InChI=1S/C16H16BrF2N/c1-12(13-7-9-15(17)10-8-13)20-11-16(18,19)14-5-3-2-4-6-14/h2-10,12,20H,11H2,1H3. The Morgan fingerprint density at radius 2 is 1.65 bits per heavy atom. The van der Waals surface area contributed by atoms with Crippen molar-refractivity contribution in [3.8, 4) is 0 Å². The van der Waals surface area contributed by atoms with E-state index in [9.17, 15) is 8.78 Å². The third kappa shape index (κ3) is 3.87. The molecule has 0 aliphatic heterocycles. The Morgan fingerprint density at radius 3 is 2.25 bits per heavy atom. The van der Waals surface area contributed by atoms with Crippen molar-refractivity contribution in [2.75, 3.05) is 6.54 Å². The number of halogens is 3. The highest BCUT2D eigenvalue weighted by molar-refractivity contribution is 9.10. The molecular formula is C16H16BrF2N. The van der Waals surface area contributed by atoms with Crippen LogP contribution in [0.3, 0.4) is 0 Å². The maximum Gasteiger partial charge on any atom is 0.285 e. The third-order valence-corrected chi connectivity index (χ3v) is 3.73. The van der Waals surface area contributed by atoms with Crippen molar-refractivity contribution in [2.45, 2.75) is 18.9 Å². The monoisotopic (exact) mass is 339 g/mol. The van der Waals surface area contributed by atoms with Crippen LogP contribution in [0.25, 0.3) is 0 Å². The van der Waals surface area contributed by atoms with Crippen molar-refractivity contribution >= 4 is 15.9 Å². The van der Waals surface area contributed by atoms with Gasteiger partial charge in [0.25, 0.3) is 5.92 Å². The topological polar surface area (TPSA) is 12.0 Å². The van der Waals surface area contributed by atoms with Gasteiger partial charge in [0.05, 0.1) is 6.54 Å². The second-order valence-electron chi connectivity index (χ2n) is 4.72. The number of hydrogen-bond donors (Lipinski definition) is 1. The molecule has 0 aromatic heterocycles. The molecule has 2 aromatic rings. The molecule has 0 aliphatic carbocycles. The number of alkyl halides is 2. The van der Waals surface area contributed by atoms with Crippen LogP contribution in [-0.4, -0.2) is 6.54 Å².